The molecule has 2 aromatic rings. The molecule has 0 fully saturated rings. The molecule has 6 nitrogen and oxygen atoms in total. The maximum absolute atomic E-state index is 12.3. The molecule has 0 aliphatic carbocycles. The summed E-state index contributed by atoms with van der Waals surface area (Å²) >= 11 is 3.31. The van der Waals surface area contributed by atoms with Crippen LogP contribution in [-0.4, -0.2) is 23.5 Å². The molecule has 0 unspecified atom stereocenters. The summed E-state index contributed by atoms with van der Waals surface area (Å²) in [5, 5.41) is 2.71. The zero-order valence-corrected chi connectivity index (χ0v) is 13.1. The average molecular weight is 352 g/mol. The number of carbonyl (C=O) groups excluding carboxylic acids is 2. The largest absolute Gasteiger partial charge is 0.495 e. The number of anilines is 1. The van der Waals surface area contributed by atoms with Gasteiger partial charge in [-0.25, -0.2) is 0 Å². The summed E-state index contributed by atoms with van der Waals surface area (Å²) in [6.45, 7) is 0. The lowest BCUT2D eigenvalue weighted by atomic mass is 10.1. The number of benzene rings is 1. The van der Waals surface area contributed by atoms with E-state index in [2.05, 4.69) is 21.2 Å². The van der Waals surface area contributed by atoms with Crippen molar-refractivity contribution in [3.8, 4) is 5.75 Å². The standard InChI is InChI=1S/C14H14BrN3O3/c1-18-7-9(15)6-11(18)14(20)17-10-5-8(13(16)19)3-4-12(10)21-2/h3-7H,1-2H3,(H2,16,19)(H,17,20). The maximum Gasteiger partial charge on any atom is 0.272 e. The number of nitrogens with one attached hydrogen (secondary N) is 1. The van der Waals surface area contributed by atoms with Crippen molar-refractivity contribution in [2.75, 3.05) is 12.4 Å². The van der Waals surface area contributed by atoms with Gasteiger partial charge in [-0.2, -0.15) is 0 Å². The predicted molar refractivity (Wildman–Crippen MR) is 82.6 cm³/mol. The van der Waals surface area contributed by atoms with Crippen LogP contribution in [0.2, 0.25) is 0 Å². The summed E-state index contributed by atoms with van der Waals surface area (Å²) < 4.78 is 7.65. The average Bonchev–Trinajstić information content (AvgIpc) is 2.77. The van der Waals surface area contributed by atoms with Crippen LogP contribution in [0.1, 0.15) is 20.8 Å². The van der Waals surface area contributed by atoms with Gasteiger partial charge in [0.1, 0.15) is 11.4 Å². The van der Waals surface area contributed by atoms with Gasteiger partial charge in [0, 0.05) is 23.3 Å². The Morgan fingerprint density at radius 2 is 2.05 bits per heavy atom. The summed E-state index contributed by atoms with van der Waals surface area (Å²) in [5.74, 6) is -0.445. The normalized spacial score (nSPS) is 10.2. The Morgan fingerprint density at radius 3 is 2.57 bits per heavy atom. The first-order valence-electron chi connectivity index (χ1n) is 6.03. The van der Waals surface area contributed by atoms with Gasteiger partial charge in [-0.1, -0.05) is 0 Å². The van der Waals surface area contributed by atoms with Gasteiger partial charge in [-0.3, -0.25) is 9.59 Å². The summed E-state index contributed by atoms with van der Waals surface area (Å²) in [5.41, 5.74) is 6.38. The number of aryl methyl sites for hydroxylation is 1. The van der Waals surface area contributed by atoms with E-state index in [1.54, 1.807) is 29.9 Å². The van der Waals surface area contributed by atoms with Crippen molar-refractivity contribution < 1.29 is 14.3 Å². The number of halogens is 1. The second kappa shape index (κ2) is 6.01. The van der Waals surface area contributed by atoms with Gasteiger partial charge in [0.15, 0.2) is 0 Å². The molecule has 1 aromatic carbocycles. The number of hydrogen-bond donors (Lipinski definition) is 2. The van der Waals surface area contributed by atoms with Crippen LogP contribution in [0.15, 0.2) is 34.9 Å². The van der Waals surface area contributed by atoms with Gasteiger partial charge in [0.05, 0.1) is 12.8 Å². The first-order chi connectivity index (χ1) is 9.92. The molecular formula is C14H14BrN3O3. The van der Waals surface area contributed by atoms with E-state index in [1.165, 1.54) is 19.2 Å². The molecule has 7 heteroatoms. The maximum atomic E-state index is 12.3. The van der Waals surface area contributed by atoms with Crippen molar-refractivity contribution >= 4 is 33.4 Å². The van der Waals surface area contributed by atoms with Crippen LogP contribution in [-0.2, 0) is 7.05 Å². The van der Waals surface area contributed by atoms with Crippen LogP contribution in [0, 0.1) is 0 Å². The highest BCUT2D eigenvalue weighted by Gasteiger charge is 2.15. The van der Waals surface area contributed by atoms with Crippen LogP contribution in [0.3, 0.4) is 0 Å². The van der Waals surface area contributed by atoms with Crippen molar-refractivity contribution in [2.45, 2.75) is 0 Å². The number of rotatable bonds is 4. The van der Waals surface area contributed by atoms with Gasteiger partial charge in [-0.05, 0) is 40.2 Å². The summed E-state index contributed by atoms with van der Waals surface area (Å²) in [7, 11) is 3.24. The van der Waals surface area contributed by atoms with E-state index in [0.29, 0.717) is 22.7 Å². The quantitative estimate of drug-likeness (QED) is 0.884. The highest BCUT2D eigenvalue weighted by atomic mass is 79.9. The molecule has 1 heterocycles. The SMILES string of the molecule is COc1ccc(C(N)=O)cc1NC(=O)c1cc(Br)cn1C. The number of nitrogens with zero attached hydrogens (tertiary/aromatic N) is 1. The summed E-state index contributed by atoms with van der Waals surface area (Å²) in [6, 6.07) is 6.29. The number of methoxy groups -OCH3 is 1. The summed E-state index contributed by atoms with van der Waals surface area (Å²) in [6.07, 6.45) is 1.77. The third-order valence-electron chi connectivity index (χ3n) is 2.94. The molecule has 21 heavy (non-hydrogen) atoms. The van der Waals surface area contributed by atoms with E-state index in [-0.39, 0.29) is 5.91 Å². The van der Waals surface area contributed by atoms with E-state index in [9.17, 15) is 9.59 Å². The number of nitrogens with two attached hydrogens (primary N) is 1. The third kappa shape index (κ3) is 3.25. The fourth-order valence-electron chi connectivity index (χ4n) is 1.90. The lowest BCUT2D eigenvalue weighted by Crippen LogP contribution is -2.17. The van der Waals surface area contributed by atoms with Crippen LogP contribution >= 0.6 is 15.9 Å². The molecule has 0 saturated carbocycles. The predicted octanol–water partition coefficient (Wildman–Crippen LogP) is 2.15. The fraction of sp³-hybridized carbons (Fsp3) is 0.143. The molecule has 0 atom stereocenters. The number of ether oxygens (including phenoxy) is 1. The molecule has 3 N–H and O–H groups in total. The molecule has 0 bridgehead atoms. The first kappa shape index (κ1) is 15.1. The van der Waals surface area contributed by atoms with Crippen LogP contribution in [0.5, 0.6) is 5.75 Å². The van der Waals surface area contributed by atoms with E-state index < -0.39 is 5.91 Å². The molecule has 0 aliphatic rings. The minimum absolute atomic E-state index is 0.291. The van der Waals surface area contributed by atoms with E-state index >= 15 is 0 Å². The van der Waals surface area contributed by atoms with Crippen molar-refractivity contribution in [3.05, 3.63) is 46.2 Å². The van der Waals surface area contributed by atoms with Crippen molar-refractivity contribution in [1.82, 2.24) is 4.57 Å². The zero-order valence-electron chi connectivity index (χ0n) is 11.5. The topological polar surface area (TPSA) is 86.3 Å². The Kier molecular flexibility index (Phi) is 4.32. The second-order valence-electron chi connectivity index (χ2n) is 4.39. The molecule has 0 radical (unpaired) electrons. The molecule has 0 saturated heterocycles. The lowest BCUT2D eigenvalue weighted by Gasteiger charge is -2.11. The van der Waals surface area contributed by atoms with Gasteiger partial charge >= 0.3 is 0 Å². The van der Waals surface area contributed by atoms with Gasteiger partial charge in [-0.15, -0.1) is 0 Å². The smallest absolute Gasteiger partial charge is 0.272 e. The molecule has 0 aliphatic heterocycles. The monoisotopic (exact) mass is 351 g/mol. The highest BCUT2D eigenvalue weighted by molar-refractivity contribution is 9.10. The van der Waals surface area contributed by atoms with Crippen molar-refractivity contribution in [3.63, 3.8) is 0 Å². The Bertz CT molecular complexity index is 709. The Hall–Kier alpha value is -2.28. The lowest BCUT2D eigenvalue weighted by molar-refractivity contribution is 0.0994. The van der Waals surface area contributed by atoms with Gasteiger partial charge < -0.3 is 20.4 Å². The molecular weight excluding hydrogens is 338 g/mol. The van der Waals surface area contributed by atoms with E-state index in [1.807, 2.05) is 0 Å². The van der Waals surface area contributed by atoms with Gasteiger partial charge in [0.25, 0.3) is 5.91 Å². The molecule has 0 spiro atoms. The summed E-state index contributed by atoms with van der Waals surface area (Å²) in [4.78, 5) is 23.5. The third-order valence-corrected chi connectivity index (χ3v) is 3.37. The van der Waals surface area contributed by atoms with Gasteiger partial charge in [0.2, 0.25) is 5.91 Å². The molecule has 2 rings (SSSR count). The number of amides is 2. The molecule has 1 aromatic heterocycles. The fourth-order valence-corrected chi connectivity index (χ4v) is 2.42. The molecule has 110 valence electrons. The van der Waals surface area contributed by atoms with E-state index in [4.69, 9.17) is 10.5 Å². The van der Waals surface area contributed by atoms with Crippen molar-refractivity contribution in [2.24, 2.45) is 12.8 Å². The van der Waals surface area contributed by atoms with Crippen LogP contribution < -0.4 is 15.8 Å². The number of aromatic nitrogens is 1. The Labute approximate surface area is 130 Å². The zero-order chi connectivity index (χ0) is 15.6. The number of primary amides is 1. The number of hydrogen-bond acceptors (Lipinski definition) is 3. The first-order valence-corrected chi connectivity index (χ1v) is 6.82. The van der Waals surface area contributed by atoms with Crippen molar-refractivity contribution in [1.29, 1.82) is 0 Å². The van der Waals surface area contributed by atoms with Crippen LogP contribution in [0.25, 0.3) is 0 Å². The van der Waals surface area contributed by atoms with Crippen LogP contribution in [0.4, 0.5) is 5.69 Å². The minimum Gasteiger partial charge on any atom is -0.495 e. The Balaban J connectivity index is 2.33. The molecule has 2 amide bonds. The number of carbonyl (C=O) groups is 2. The minimum atomic E-state index is -0.574. The Morgan fingerprint density at radius 1 is 1.33 bits per heavy atom. The second-order valence-corrected chi connectivity index (χ2v) is 5.30. The highest BCUT2D eigenvalue weighted by Crippen LogP contribution is 2.26. The van der Waals surface area contributed by atoms with E-state index in [0.717, 1.165) is 4.47 Å².